The van der Waals surface area contributed by atoms with Gasteiger partial charge in [0.15, 0.2) is 5.41 Å². The van der Waals surface area contributed by atoms with Crippen LogP contribution in [0.2, 0.25) is 5.02 Å². The maximum absolute atomic E-state index is 10.2. The highest BCUT2D eigenvalue weighted by Gasteiger charge is 2.53. The molecule has 2 unspecified atom stereocenters. The van der Waals surface area contributed by atoms with Crippen molar-refractivity contribution in [1.82, 2.24) is 0 Å². The first kappa shape index (κ1) is 23.2. The molecule has 0 aliphatic heterocycles. The number of fused-ring (bicyclic) bond motifs is 1. The molecule has 2 aliphatic carbocycles. The molecule has 2 atom stereocenters. The summed E-state index contributed by atoms with van der Waals surface area (Å²) in [6, 6.07) is 19.3. The molecule has 7 heteroatoms. The summed E-state index contributed by atoms with van der Waals surface area (Å²) in [5.41, 5.74) is 7.38. The lowest BCUT2D eigenvalue weighted by molar-refractivity contribution is 0.294. The van der Waals surface area contributed by atoms with Crippen molar-refractivity contribution in [2.24, 2.45) is 17.1 Å². The Labute approximate surface area is 204 Å². The summed E-state index contributed by atoms with van der Waals surface area (Å²) in [5, 5.41) is 30.7. The molecule has 2 N–H and O–H groups in total. The van der Waals surface area contributed by atoms with Gasteiger partial charge in [0.05, 0.1) is 35.5 Å². The van der Waals surface area contributed by atoms with E-state index < -0.39 is 11.3 Å². The van der Waals surface area contributed by atoms with Crippen molar-refractivity contribution < 1.29 is 9.47 Å². The Hall–Kier alpha value is -3.92. The molecular formula is C27H23ClN4O2. The predicted octanol–water partition coefficient (Wildman–Crippen LogP) is 5.52. The lowest BCUT2D eigenvalue weighted by Crippen LogP contribution is -2.42. The molecule has 0 amide bonds. The number of halogens is 1. The van der Waals surface area contributed by atoms with Gasteiger partial charge in [-0.25, -0.2) is 0 Å². The van der Waals surface area contributed by atoms with Gasteiger partial charge in [-0.2, -0.15) is 15.8 Å². The quantitative estimate of drug-likeness (QED) is 0.614. The van der Waals surface area contributed by atoms with Gasteiger partial charge in [0.25, 0.3) is 0 Å². The first-order valence-corrected chi connectivity index (χ1v) is 11.4. The van der Waals surface area contributed by atoms with Crippen LogP contribution in [0.5, 0.6) is 11.5 Å². The molecule has 4 rings (SSSR count). The van der Waals surface area contributed by atoms with Gasteiger partial charge in [-0.05, 0) is 60.6 Å². The molecule has 6 nitrogen and oxygen atoms in total. The Bertz CT molecular complexity index is 1300. The SMILES string of the molecule is COc1ccc(C2C3CCCC=C3C(C#N)=C(N)C2(C#N)C#N)cc1COc1ccccc1Cl. The highest BCUT2D eigenvalue weighted by molar-refractivity contribution is 6.32. The number of methoxy groups -OCH3 is 1. The minimum Gasteiger partial charge on any atom is -0.496 e. The Balaban J connectivity index is 1.82. The number of nitriles is 3. The number of allylic oxidation sites excluding steroid dienone is 4. The number of nitrogens with zero attached hydrogens (tertiary/aromatic N) is 3. The van der Waals surface area contributed by atoms with Crippen molar-refractivity contribution in [3.05, 3.63) is 81.5 Å². The topological polar surface area (TPSA) is 116 Å². The summed E-state index contributed by atoms with van der Waals surface area (Å²) >= 11 is 6.23. The van der Waals surface area contributed by atoms with Crippen LogP contribution in [0, 0.1) is 45.3 Å². The molecule has 170 valence electrons. The standard InChI is InChI=1S/C27H23ClN4O2/c1-33-23-11-10-17(12-18(23)14-34-24-9-5-4-8-22(24)28)25-20-7-3-2-6-19(20)21(13-29)26(32)27(25,15-30)16-31/h4-6,8-12,20,25H,2-3,7,14,32H2,1H3. The van der Waals surface area contributed by atoms with E-state index in [2.05, 4.69) is 18.2 Å². The van der Waals surface area contributed by atoms with Gasteiger partial charge in [0, 0.05) is 11.5 Å². The number of rotatable bonds is 5. The molecule has 0 heterocycles. The summed E-state index contributed by atoms with van der Waals surface area (Å²) in [4.78, 5) is 0. The third-order valence-electron chi connectivity index (χ3n) is 6.68. The summed E-state index contributed by atoms with van der Waals surface area (Å²) in [6.45, 7) is 0.182. The predicted molar refractivity (Wildman–Crippen MR) is 127 cm³/mol. The van der Waals surface area contributed by atoms with Crippen LogP contribution in [0.15, 0.2) is 65.4 Å². The zero-order valence-corrected chi connectivity index (χ0v) is 19.5. The van der Waals surface area contributed by atoms with E-state index in [1.54, 1.807) is 19.2 Å². The minimum atomic E-state index is -1.65. The van der Waals surface area contributed by atoms with E-state index in [0.717, 1.165) is 36.0 Å². The Morgan fingerprint density at radius 3 is 2.56 bits per heavy atom. The van der Waals surface area contributed by atoms with Crippen LogP contribution in [-0.4, -0.2) is 7.11 Å². The molecule has 0 bridgehead atoms. The van der Waals surface area contributed by atoms with E-state index in [9.17, 15) is 15.8 Å². The molecule has 34 heavy (non-hydrogen) atoms. The molecule has 0 saturated carbocycles. The van der Waals surface area contributed by atoms with Crippen LogP contribution in [-0.2, 0) is 6.61 Å². The van der Waals surface area contributed by atoms with Gasteiger partial charge in [0.1, 0.15) is 24.2 Å². The van der Waals surface area contributed by atoms with E-state index in [1.165, 1.54) is 0 Å². The molecule has 0 fully saturated rings. The maximum Gasteiger partial charge on any atom is 0.191 e. The van der Waals surface area contributed by atoms with E-state index in [1.807, 2.05) is 36.4 Å². The van der Waals surface area contributed by atoms with Crippen LogP contribution in [0.25, 0.3) is 0 Å². The second-order valence-corrected chi connectivity index (χ2v) is 8.80. The van der Waals surface area contributed by atoms with Gasteiger partial charge >= 0.3 is 0 Å². The molecule has 2 aromatic rings. The van der Waals surface area contributed by atoms with Crippen molar-refractivity contribution >= 4 is 11.6 Å². The van der Waals surface area contributed by atoms with E-state index in [0.29, 0.717) is 16.5 Å². The van der Waals surface area contributed by atoms with Crippen molar-refractivity contribution in [3.63, 3.8) is 0 Å². The molecule has 2 aliphatic rings. The van der Waals surface area contributed by atoms with E-state index >= 15 is 0 Å². The normalized spacial score (nSPS) is 20.7. The highest BCUT2D eigenvalue weighted by Crippen LogP contribution is 2.56. The fourth-order valence-electron chi connectivity index (χ4n) is 5.07. The Morgan fingerprint density at radius 2 is 1.88 bits per heavy atom. The second kappa shape index (κ2) is 9.52. The third-order valence-corrected chi connectivity index (χ3v) is 6.99. The largest absolute Gasteiger partial charge is 0.496 e. The van der Waals surface area contributed by atoms with Crippen molar-refractivity contribution in [3.8, 4) is 29.7 Å². The van der Waals surface area contributed by atoms with Gasteiger partial charge in [-0.1, -0.05) is 35.9 Å². The van der Waals surface area contributed by atoms with E-state index in [4.69, 9.17) is 26.8 Å². The van der Waals surface area contributed by atoms with Gasteiger partial charge in [0.2, 0.25) is 0 Å². The zero-order chi connectivity index (χ0) is 24.3. The first-order valence-electron chi connectivity index (χ1n) is 11.0. The number of hydrogen-bond donors (Lipinski definition) is 1. The second-order valence-electron chi connectivity index (χ2n) is 8.40. The molecule has 0 saturated heterocycles. The lowest BCUT2D eigenvalue weighted by atomic mass is 9.56. The third kappa shape index (κ3) is 3.75. The number of para-hydroxylation sites is 1. The van der Waals surface area contributed by atoms with Gasteiger partial charge < -0.3 is 15.2 Å². The number of hydrogen-bond acceptors (Lipinski definition) is 6. The highest BCUT2D eigenvalue weighted by atomic mass is 35.5. The fraction of sp³-hybridized carbons (Fsp3) is 0.296. The van der Waals surface area contributed by atoms with Crippen molar-refractivity contribution in [2.75, 3.05) is 7.11 Å². The number of ether oxygens (including phenoxy) is 2. The fourth-order valence-corrected chi connectivity index (χ4v) is 5.26. The zero-order valence-electron chi connectivity index (χ0n) is 18.7. The Kier molecular flexibility index (Phi) is 6.51. The first-order chi connectivity index (χ1) is 16.5. The van der Waals surface area contributed by atoms with Gasteiger partial charge in [-0.3, -0.25) is 0 Å². The summed E-state index contributed by atoms with van der Waals surface area (Å²) < 4.78 is 11.5. The molecular weight excluding hydrogens is 448 g/mol. The van der Waals surface area contributed by atoms with Crippen molar-refractivity contribution in [1.29, 1.82) is 15.8 Å². The average Bonchev–Trinajstić information content (AvgIpc) is 2.87. The molecule has 2 aromatic carbocycles. The monoisotopic (exact) mass is 470 g/mol. The molecule has 0 aromatic heterocycles. The lowest BCUT2D eigenvalue weighted by Gasteiger charge is -2.43. The van der Waals surface area contributed by atoms with Crippen LogP contribution >= 0.6 is 11.6 Å². The number of nitrogens with two attached hydrogens (primary N) is 1. The van der Waals surface area contributed by atoms with Crippen molar-refractivity contribution in [2.45, 2.75) is 31.8 Å². The van der Waals surface area contributed by atoms with Crippen LogP contribution < -0.4 is 15.2 Å². The average molecular weight is 471 g/mol. The Morgan fingerprint density at radius 1 is 1.12 bits per heavy atom. The molecule has 0 spiro atoms. The smallest absolute Gasteiger partial charge is 0.191 e. The summed E-state index contributed by atoms with van der Waals surface area (Å²) in [5.74, 6) is 0.463. The van der Waals surface area contributed by atoms with Crippen LogP contribution in [0.4, 0.5) is 0 Å². The van der Waals surface area contributed by atoms with Crippen LogP contribution in [0.1, 0.15) is 36.3 Å². The minimum absolute atomic E-state index is 0.0269. The van der Waals surface area contributed by atoms with E-state index in [-0.39, 0.29) is 23.8 Å². The maximum atomic E-state index is 10.2. The van der Waals surface area contributed by atoms with Gasteiger partial charge in [-0.15, -0.1) is 0 Å². The summed E-state index contributed by atoms with van der Waals surface area (Å²) in [6.07, 6.45) is 4.53. The number of benzene rings is 2. The van der Waals surface area contributed by atoms with Crippen LogP contribution in [0.3, 0.4) is 0 Å². The molecule has 0 radical (unpaired) electrons. The summed E-state index contributed by atoms with van der Waals surface area (Å²) in [7, 11) is 1.57.